The predicted octanol–water partition coefficient (Wildman–Crippen LogP) is 2.31. The zero-order chi connectivity index (χ0) is 11.5. The molecule has 0 spiro atoms. The monoisotopic (exact) mass is 220 g/mol. The molecular weight excluding hydrogens is 207 g/mol. The van der Waals surface area contributed by atoms with E-state index >= 15 is 0 Å². The molecule has 0 fully saturated rings. The summed E-state index contributed by atoms with van der Waals surface area (Å²) < 4.78 is 14.8. The van der Waals surface area contributed by atoms with Crippen molar-refractivity contribution >= 4 is 0 Å². The molecule has 0 aromatic carbocycles. The molecule has 2 aromatic heterocycles. The number of halogens is 1. The molecule has 1 atom stereocenters. The maximum Gasteiger partial charge on any atom is 0.191 e. The van der Waals surface area contributed by atoms with Gasteiger partial charge in [-0.3, -0.25) is 0 Å². The molecule has 0 N–H and O–H groups in total. The normalized spacial score (nSPS) is 12.7. The van der Waals surface area contributed by atoms with Gasteiger partial charge in [-0.05, 0) is 18.6 Å². The average Bonchev–Trinajstić information content (AvgIpc) is 2.78. The Morgan fingerprint density at radius 2 is 2.25 bits per heavy atom. The number of aromatic nitrogens is 4. The van der Waals surface area contributed by atoms with E-state index in [0.717, 1.165) is 6.42 Å². The fraction of sp³-hybridized carbons (Fsp3) is 0.364. The van der Waals surface area contributed by atoms with Crippen molar-refractivity contribution in [3.63, 3.8) is 0 Å². The molecule has 1 unspecified atom stereocenters. The van der Waals surface area contributed by atoms with Crippen LogP contribution in [0.25, 0.3) is 5.82 Å². The van der Waals surface area contributed by atoms with Gasteiger partial charge in [-0.1, -0.05) is 13.8 Å². The Balaban J connectivity index is 2.35. The van der Waals surface area contributed by atoms with E-state index in [1.54, 1.807) is 6.07 Å². The highest BCUT2D eigenvalue weighted by Crippen LogP contribution is 2.15. The van der Waals surface area contributed by atoms with Crippen molar-refractivity contribution in [1.82, 2.24) is 19.7 Å². The Kier molecular flexibility index (Phi) is 2.94. The van der Waals surface area contributed by atoms with Crippen molar-refractivity contribution in [3.05, 3.63) is 36.3 Å². The lowest BCUT2D eigenvalue weighted by Crippen LogP contribution is -2.03. The maximum absolute atomic E-state index is 13.4. The van der Waals surface area contributed by atoms with E-state index in [1.807, 2.05) is 6.92 Å². The first kappa shape index (κ1) is 10.7. The topological polar surface area (TPSA) is 43.6 Å². The van der Waals surface area contributed by atoms with Crippen LogP contribution in [0.3, 0.4) is 0 Å². The Hall–Kier alpha value is -1.78. The second-order valence-corrected chi connectivity index (χ2v) is 3.67. The summed E-state index contributed by atoms with van der Waals surface area (Å²) >= 11 is 0. The summed E-state index contributed by atoms with van der Waals surface area (Å²) in [5.74, 6) is 0.772. The number of hydrogen-bond donors (Lipinski definition) is 0. The van der Waals surface area contributed by atoms with E-state index in [4.69, 9.17) is 0 Å². The quantitative estimate of drug-likeness (QED) is 0.797. The van der Waals surface area contributed by atoms with Crippen molar-refractivity contribution in [2.45, 2.75) is 26.2 Å². The first-order valence-electron chi connectivity index (χ1n) is 5.24. The van der Waals surface area contributed by atoms with Gasteiger partial charge < -0.3 is 0 Å². The van der Waals surface area contributed by atoms with Crippen LogP contribution in [0.15, 0.2) is 24.7 Å². The number of nitrogens with zero attached hydrogens (tertiary/aromatic N) is 4. The van der Waals surface area contributed by atoms with Gasteiger partial charge in [0.15, 0.2) is 17.5 Å². The van der Waals surface area contributed by atoms with Crippen molar-refractivity contribution < 1.29 is 4.39 Å². The van der Waals surface area contributed by atoms with Crippen LogP contribution in [0, 0.1) is 5.82 Å². The predicted molar refractivity (Wildman–Crippen MR) is 57.8 cm³/mol. The van der Waals surface area contributed by atoms with E-state index in [9.17, 15) is 4.39 Å². The highest BCUT2D eigenvalue weighted by molar-refractivity contribution is 5.22. The minimum absolute atomic E-state index is 0.185. The van der Waals surface area contributed by atoms with Crippen LogP contribution in [-0.2, 0) is 0 Å². The van der Waals surface area contributed by atoms with Crippen LogP contribution >= 0.6 is 0 Å². The summed E-state index contributed by atoms with van der Waals surface area (Å²) in [4.78, 5) is 8.08. The van der Waals surface area contributed by atoms with Gasteiger partial charge >= 0.3 is 0 Å². The van der Waals surface area contributed by atoms with E-state index in [2.05, 4.69) is 22.0 Å². The minimum Gasteiger partial charge on any atom is -0.235 e. The Morgan fingerprint density at radius 1 is 1.44 bits per heavy atom. The van der Waals surface area contributed by atoms with Gasteiger partial charge in [0.2, 0.25) is 0 Å². The van der Waals surface area contributed by atoms with Gasteiger partial charge in [0.1, 0.15) is 6.33 Å². The molecule has 4 nitrogen and oxygen atoms in total. The second-order valence-electron chi connectivity index (χ2n) is 3.67. The van der Waals surface area contributed by atoms with E-state index < -0.39 is 5.82 Å². The average molecular weight is 220 g/mol. The van der Waals surface area contributed by atoms with Crippen LogP contribution in [0.2, 0.25) is 0 Å². The standard InChI is InChI=1S/C11H13FN4/c1-3-8(2)10-14-7-16(15-10)11-9(12)5-4-6-13-11/h4-8H,3H2,1-2H3. The molecule has 2 heterocycles. The smallest absolute Gasteiger partial charge is 0.191 e. The summed E-state index contributed by atoms with van der Waals surface area (Å²) in [5.41, 5.74) is 0. The molecule has 16 heavy (non-hydrogen) atoms. The van der Waals surface area contributed by atoms with Gasteiger partial charge in [0.05, 0.1) is 0 Å². The first-order valence-corrected chi connectivity index (χ1v) is 5.24. The zero-order valence-corrected chi connectivity index (χ0v) is 9.26. The molecule has 0 saturated heterocycles. The fourth-order valence-corrected chi connectivity index (χ4v) is 1.33. The molecule has 5 heteroatoms. The van der Waals surface area contributed by atoms with E-state index in [1.165, 1.54) is 23.3 Å². The number of hydrogen-bond acceptors (Lipinski definition) is 3. The SMILES string of the molecule is CCC(C)c1ncn(-c2ncccc2F)n1. The Labute approximate surface area is 93.2 Å². The fourth-order valence-electron chi connectivity index (χ4n) is 1.33. The maximum atomic E-state index is 13.4. The summed E-state index contributed by atoms with van der Waals surface area (Å²) in [6.45, 7) is 4.10. The second kappa shape index (κ2) is 4.38. The van der Waals surface area contributed by atoms with Gasteiger partial charge in [-0.25, -0.2) is 14.4 Å². The molecule has 0 bridgehead atoms. The van der Waals surface area contributed by atoms with Crippen LogP contribution in [0.5, 0.6) is 0 Å². The molecular formula is C11H13FN4. The third-order valence-electron chi connectivity index (χ3n) is 2.52. The Morgan fingerprint density at radius 3 is 2.94 bits per heavy atom. The molecule has 0 aliphatic rings. The van der Waals surface area contributed by atoms with Crippen molar-refractivity contribution in [1.29, 1.82) is 0 Å². The molecule has 2 aromatic rings. The van der Waals surface area contributed by atoms with Crippen molar-refractivity contribution in [3.8, 4) is 5.82 Å². The summed E-state index contributed by atoms with van der Waals surface area (Å²) in [7, 11) is 0. The minimum atomic E-state index is -0.400. The molecule has 0 saturated carbocycles. The molecule has 2 rings (SSSR count). The molecule has 0 aliphatic heterocycles. The highest BCUT2D eigenvalue weighted by atomic mass is 19.1. The molecule has 84 valence electrons. The van der Waals surface area contributed by atoms with Crippen LogP contribution in [0.1, 0.15) is 32.0 Å². The highest BCUT2D eigenvalue weighted by Gasteiger charge is 2.11. The van der Waals surface area contributed by atoms with E-state index in [-0.39, 0.29) is 11.7 Å². The third kappa shape index (κ3) is 1.93. The van der Waals surface area contributed by atoms with Gasteiger partial charge in [-0.15, -0.1) is 5.10 Å². The molecule has 0 radical (unpaired) electrons. The summed E-state index contributed by atoms with van der Waals surface area (Å²) in [6.07, 6.45) is 3.98. The van der Waals surface area contributed by atoms with Crippen LogP contribution < -0.4 is 0 Å². The zero-order valence-electron chi connectivity index (χ0n) is 9.26. The van der Waals surface area contributed by atoms with Crippen molar-refractivity contribution in [2.24, 2.45) is 0 Å². The van der Waals surface area contributed by atoms with Gasteiger partial charge in [-0.2, -0.15) is 4.68 Å². The molecule has 0 amide bonds. The van der Waals surface area contributed by atoms with E-state index in [0.29, 0.717) is 5.82 Å². The number of pyridine rings is 1. The lowest BCUT2D eigenvalue weighted by atomic mass is 10.1. The van der Waals surface area contributed by atoms with Gasteiger partial charge in [0, 0.05) is 12.1 Å². The van der Waals surface area contributed by atoms with Crippen LogP contribution in [-0.4, -0.2) is 19.7 Å². The van der Waals surface area contributed by atoms with Crippen LogP contribution in [0.4, 0.5) is 4.39 Å². The Bertz CT molecular complexity index is 480. The first-order chi connectivity index (χ1) is 7.72. The molecule has 0 aliphatic carbocycles. The largest absolute Gasteiger partial charge is 0.235 e. The summed E-state index contributed by atoms with van der Waals surface area (Å²) in [5, 5.41) is 4.22. The summed E-state index contributed by atoms with van der Waals surface area (Å²) in [6, 6.07) is 2.90. The lowest BCUT2D eigenvalue weighted by molar-refractivity contribution is 0.596. The number of rotatable bonds is 3. The van der Waals surface area contributed by atoms with Gasteiger partial charge in [0.25, 0.3) is 0 Å². The third-order valence-corrected chi connectivity index (χ3v) is 2.52. The lowest BCUT2D eigenvalue weighted by Gasteiger charge is -2.02. The van der Waals surface area contributed by atoms with Crippen molar-refractivity contribution in [2.75, 3.05) is 0 Å².